The summed E-state index contributed by atoms with van der Waals surface area (Å²) in [4.78, 5) is 36.3. The van der Waals surface area contributed by atoms with E-state index in [-0.39, 0.29) is 25.0 Å². The quantitative estimate of drug-likeness (QED) is 0.342. The van der Waals surface area contributed by atoms with Gasteiger partial charge in [-0.25, -0.2) is 4.79 Å². The molecule has 0 spiro atoms. The van der Waals surface area contributed by atoms with Gasteiger partial charge in [-0.05, 0) is 52.0 Å². The Morgan fingerprint density at radius 2 is 1.81 bits per heavy atom. The molecule has 0 radical (unpaired) electrons. The standard InChI is InChI=1S/C16H28N2O5S.C7H8O/c1-5-23-14(20)10(2)17-15(21)16(3,4)18-13(19)12(24)11-6-8-22-9-7-11;8-6-7-4-2-1-3-5-7/h10-12,24H,5-9H2,1-4H3,(H,17,21)(H,18,19);1-5,8H,6H2/t10-,12?;/m0./s1. The van der Waals surface area contributed by atoms with Crippen LogP contribution in [0, 0.1) is 5.92 Å². The van der Waals surface area contributed by atoms with Gasteiger partial charge in [-0.15, -0.1) is 0 Å². The average molecular weight is 469 g/mol. The Morgan fingerprint density at radius 3 is 2.31 bits per heavy atom. The molecule has 1 saturated heterocycles. The Bertz CT molecular complexity index is 722. The second kappa shape index (κ2) is 14.1. The van der Waals surface area contributed by atoms with E-state index in [0.717, 1.165) is 18.4 Å². The molecular weight excluding hydrogens is 432 g/mol. The molecule has 1 aromatic carbocycles. The van der Waals surface area contributed by atoms with Crippen molar-refractivity contribution < 1.29 is 29.0 Å². The summed E-state index contributed by atoms with van der Waals surface area (Å²) in [5.41, 5.74) is -0.197. The molecule has 2 rings (SSSR count). The van der Waals surface area contributed by atoms with Gasteiger partial charge < -0.3 is 25.2 Å². The Balaban J connectivity index is 0.000000533. The minimum absolute atomic E-state index is 0.124. The summed E-state index contributed by atoms with van der Waals surface area (Å²) < 4.78 is 10.1. The highest BCUT2D eigenvalue weighted by Crippen LogP contribution is 2.23. The van der Waals surface area contributed by atoms with Crippen LogP contribution in [0.2, 0.25) is 0 Å². The number of hydrogen-bond acceptors (Lipinski definition) is 7. The number of amides is 2. The molecule has 1 unspecified atom stereocenters. The highest BCUT2D eigenvalue weighted by molar-refractivity contribution is 7.81. The van der Waals surface area contributed by atoms with E-state index in [4.69, 9.17) is 14.6 Å². The van der Waals surface area contributed by atoms with Crippen molar-refractivity contribution in [1.82, 2.24) is 10.6 Å². The third-order valence-corrected chi connectivity index (χ3v) is 5.65. The molecule has 1 aromatic rings. The molecule has 9 heteroatoms. The number of carbonyl (C=O) groups is 3. The van der Waals surface area contributed by atoms with Crippen molar-refractivity contribution in [2.24, 2.45) is 5.92 Å². The normalized spacial score (nSPS) is 16.1. The molecule has 1 aliphatic rings. The Morgan fingerprint density at radius 1 is 1.22 bits per heavy atom. The van der Waals surface area contributed by atoms with E-state index in [2.05, 4.69) is 23.3 Å². The number of aliphatic hydroxyl groups excluding tert-OH is 1. The maximum Gasteiger partial charge on any atom is 0.328 e. The zero-order valence-electron chi connectivity index (χ0n) is 19.3. The van der Waals surface area contributed by atoms with E-state index in [9.17, 15) is 14.4 Å². The van der Waals surface area contributed by atoms with Crippen LogP contribution >= 0.6 is 12.6 Å². The van der Waals surface area contributed by atoms with Crippen LogP contribution in [0.15, 0.2) is 30.3 Å². The molecule has 0 bridgehead atoms. The SMILES string of the molecule is CCOC(=O)[C@H](C)NC(=O)C(C)(C)NC(=O)C(S)C1CCOCC1.OCc1ccccc1. The predicted molar refractivity (Wildman–Crippen MR) is 125 cm³/mol. The lowest BCUT2D eigenvalue weighted by Crippen LogP contribution is -2.59. The van der Waals surface area contributed by atoms with Gasteiger partial charge in [-0.1, -0.05) is 30.3 Å². The number of aliphatic hydroxyl groups is 1. The zero-order chi connectivity index (χ0) is 24.1. The zero-order valence-corrected chi connectivity index (χ0v) is 20.2. The fraction of sp³-hybridized carbons (Fsp3) is 0.609. The first-order valence-electron chi connectivity index (χ1n) is 10.8. The first-order chi connectivity index (χ1) is 15.1. The summed E-state index contributed by atoms with van der Waals surface area (Å²) >= 11 is 4.41. The van der Waals surface area contributed by atoms with Crippen LogP contribution in [0.3, 0.4) is 0 Å². The van der Waals surface area contributed by atoms with Gasteiger partial charge in [0.1, 0.15) is 11.6 Å². The summed E-state index contributed by atoms with van der Waals surface area (Å²) in [6.45, 7) is 8.03. The number of hydrogen-bond donors (Lipinski definition) is 4. The Hall–Kier alpha value is -2.10. The van der Waals surface area contributed by atoms with E-state index < -0.39 is 28.7 Å². The van der Waals surface area contributed by atoms with Gasteiger partial charge in [0.25, 0.3) is 0 Å². The highest BCUT2D eigenvalue weighted by atomic mass is 32.1. The third-order valence-electron chi connectivity index (χ3n) is 5.00. The van der Waals surface area contributed by atoms with Gasteiger partial charge in [-0.2, -0.15) is 12.6 Å². The lowest BCUT2D eigenvalue weighted by Gasteiger charge is -2.31. The van der Waals surface area contributed by atoms with E-state index >= 15 is 0 Å². The Kier molecular flexibility index (Phi) is 12.3. The maximum absolute atomic E-state index is 12.4. The molecule has 180 valence electrons. The van der Waals surface area contributed by atoms with Crippen molar-refractivity contribution in [3.8, 4) is 0 Å². The topological polar surface area (TPSA) is 114 Å². The van der Waals surface area contributed by atoms with Crippen molar-refractivity contribution in [3.63, 3.8) is 0 Å². The van der Waals surface area contributed by atoms with Crippen molar-refractivity contribution in [2.75, 3.05) is 19.8 Å². The number of rotatable bonds is 8. The molecule has 2 amide bonds. The summed E-state index contributed by atoms with van der Waals surface area (Å²) in [6.07, 6.45) is 1.54. The number of esters is 1. The van der Waals surface area contributed by atoms with Gasteiger partial charge in [-0.3, -0.25) is 9.59 Å². The Labute approximate surface area is 195 Å². The number of benzene rings is 1. The van der Waals surface area contributed by atoms with E-state index in [0.29, 0.717) is 13.2 Å². The van der Waals surface area contributed by atoms with Gasteiger partial charge in [0.05, 0.1) is 18.5 Å². The van der Waals surface area contributed by atoms with Crippen LogP contribution in [0.5, 0.6) is 0 Å². The molecule has 1 heterocycles. The fourth-order valence-corrected chi connectivity index (χ4v) is 3.33. The smallest absolute Gasteiger partial charge is 0.328 e. The number of carbonyl (C=O) groups excluding carboxylic acids is 3. The monoisotopic (exact) mass is 468 g/mol. The molecule has 8 nitrogen and oxygen atoms in total. The maximum atomic E-state index is 12.4. The fourth-order valence-electron chi connectivity index (χ4n) is 2.97. The first-order valence-corrected chi connectivity index (χ1v) is 11.3. The average Bonchev–Trinajstić information content (AvgIpc) is 2.79. The molecule has 0 saturated carbocycles. The van der Waals surface area contributed by atoms with E-state index in [1.165, 1.54) is 6.92 Å². The van der Waals surface area contributed by atoms with Crippen LogP contribution in [0.1, 0.15) is 46.1 Å². The molecule has 3 N–H and O–H groups in total. The van der Waals surface area contributed by atoms with Crippen molar-refractivity contribution in [3.05, 3.63) is 35.9 Å². The molecule has 1 fully saturated rings. The minimum Gasteiger partial charge on any atom is -0.464 e. The van der Waals surface area contributed by atoms with Crippen LogP contribution in [-0.4, -0.2) is 59.5 Å². The second-order valence-electron chi connectivity index (χ2n) is 8.10. The van der Waals surface area contributed by atoms with Crippen molar-refractivity contribution in [2.45, 2.75) is 64.0 Å². The minimum atomic E-state index is -1.16. The number of thiol groups is 1. The number of nitrogens with one attached hydrogen (secondary N) is 2. The first kappa shape index (κ1) is 27.9. The lowest BCUT2D eigenvalue weighted by atomic mass is 9.94. The molecule has 1 aliphatic heterocycles. The summed E-state index contributed by atoms with van der Waals surface area (Å²) in [6, 6.07) is 8.74. The molecule has 32 heavy (non-hydrogen) atoms. The summed E-state index contributed by atoms with van der Waals surface area (Å²) in [7, 11) is 0. The van der Waals surface area contributed by atoms with E-state index in [1.807, 2.05) is 30.3 Å². The molecule has 0 aliphatic carbocycles. The van der Waals surface area contributed by atoms with Crippen LogP contribution in [0.4, 0.5) is 0 Å². The highest BCUT2D eigenvalue weighted by Gasteiger charge is 2.35. The van der Waals surface area contributed by atoms with Gasteiger partial charge in [0, 0.05) is 13.2 Å². The summed E-state index contributed by atoms with van der Waals surface area (Å²) in [5, 5.41) is 13.3. The van der Waals surface area contributed by atoms with Crippen LogP contribution in [0.25, 0.3) is 0 Å². The second-order valence-corrected chi connectivity index (χ2v) is 8.66. The number of ether oxygens (including phenoxy) is 2. The largest absolute Gasteiger partial charge is 0.464 e. The van der Waals surface area contributed by atoms with Crippen molar-refractivity contribution in [1.29, 1.82) is 0 Å². The van der Waals surface area contributed by atoms with Crippen LogP contribution < -0.4 is 10.6 Å². The molecule has 2 atom stereocenters. The molecule has 0 aromatic heterocycles. The van der Waals surface area contributed by atoms with Gasteiger partial charge >= 0.3 is 5.97 Å². The lowest BCUT2D eigenvalue weighted by molar-refractivity contribution is -0.147. The van der Waals surface area contributed by atoms with Crippen LogP contribution in [-0.2, 0) is 30.5 Å². The van der Waals surface area contributed by atoms with Crippen molar-refractivity contribution >= 4 is 30.4 Å². The third kappa shape index (κ3) is 9.58. The summed E-state index contributed by atoms with van der Waals surface area (Å²) in [5.74, 6) is -1.14. The van der Waals surface area contributed by atoms with Gasteiger partial charge in [0.2, 0.25) is 11.8 Å². The van der Waals surface area contributed by atoms with E-state index in [1.54, 1.807) is 20.8 Å². The molecular formula is C23H36N2O6S. The predicted octanol–water partition coefficient (Wildman–Crippen LogP) is 1.85. The van der Waals surface area contributed by atoms with Gasteiger partial charge in [0.15, 0.2) is 0 Å².